The predicted octanol–water partition coefficient (Wildman–Crippen LogP) is 1.06. The fraction of sp³-hybridized carbons (Fsp3) is 0.400. The normalized spacial score (nSPS) is 22.0. The molecule has 5 nitrogen and oxygen atoms in total. The van der Waals surface area contributed by atoms with Crippen molar-refractivity contribution in [3.05, 3.63) is 34.4 Å². The molecule has 0 bridgehead atoms. The van der Waals surface area contributed by atoms with Crippen LogP contribution in [0.25, 0.3) is 0 Å². The molecule has 2 aliphatic rings. The average molecular weight is 272 g/mol. The quantitative estimate of drug-likeness (QED) is 0.777. The number of amides is 3. The van der Waals surface area contributed by atoms with Gasteiger partial charge in [0.15, 0.2) is 0 Å². The number of aryl methyl sites for hydroxylation is 1. The second-order valence-electron chi connectivity index (χ2n) is 5.44. The van der Waals surface area contributed by atoms with Gasteiger partial charge in [0.25, 0.3) is 5.91 Å². The summed E-state index contributed by atoms with van der Waals surface area (Å²) in [6.07, 6.45) is 0.691. The molecule has 1 aromatic carbocycles. The molecule has 3 rings (SSSR count). The minimum absolute atomic E-state index is 0.101. The Morgan fingerprint density at radius 3 is 2.65 bits per heavy atom. The fourth-order valence-electron chi connectivity index (χ4n) is 2.93. The average Bonchev–Trinajstić information content (AvgIpc) is 2.72. The minimum atomic E-state index is -0.535. The maximum Gasteiger partial charge on any atom is 0.255 e. The third-order valence-corrected chi connectivity index (χ3v) is 4.22. The Hall–Kier alpha value is -2.17. The Balaban J connectivity index is 1.93. The van der Waals surface area contributed by atoms with Gasteiger partial charge in [-0.3, -0.25) is 19.7 Å². The maximum absolute atomic E-state index is 12.6. The largest absolute Gasteiger partial charge is 0.322 e. The first kappa shape index (κ1) is 12.8. The van der Waals surface area contributed by atoms with Crippen molar-refractivity contribution in [2.75, 3.05) is 0 Å². The van der Waals surface area contributed by atoms with Crippen LogP contribution < -0.4 is 5.32 Å². The van der Waals surface area contributed by atoms with Gasteiger partial charge in [-0.25, -0.2) is 0 Å². The summed E-state index contributed by atoms with van der Waals surface area (Å²) < 4.78 is 0. The molecule has 2 heterocycles. The number of imide groups is 1. The summed E-state index contributed by atoms with van der Waals surface area (Å²) in [6, 6.07) is 3.41. The highest BCUT2D eigenvalue weighted by atomic mass is 16.2. The van der Waals surface area contributed by atoms with Crippen molar-refractivity contribution in [1.82, 2.24) is 10.2 Å². The zero-order chi connectivity index (χ0) is 14.4. The Morgan fingerprint density at radius 2 is 1.95 bits per heavy atom. The number of hydrogen-bond acceptors (Lipinski definition) is 3. The molecule has 1 unspecified atom stereocenters. The monoisotopic (exact) mass is 272 g/mol. The molecular formula is C15H16N2O3. The van der Waals surface area contributed by atoms with Gasteiger partial charge in [-0.1, -0.05) is 12.1 Å². The van der Waals surface area contributed by atoms with Gasteiger partial charge in [0, 0.05) is 18.5 Å². The van der Waals surface area contributed by atoms with E-state index in [1.807, 2.05) is 26.0 Å². The lowest BCUT2D eigenvalue weighted by Crippen LogP contribution is -2.52. The van der Waals surface area contributed by atoms with E-state index in [0.717, 1.165) is 22.3 Å². The topological polar surface area (TPSA) is 66.5 Å². The molecule has 5 heteroatoms. The van der Waals surface area contributed by atoms with Gasteiger partial charge in [-0.05, 0) is 37.0 Å². The van der Waals surface area contributed by atoms with E-state index >= 15 is 0 Å². The van der Waals surface area contributed by atoms with E-state index < -0.39 is 6.04 Å². The molecule has 2 aliphatic heterocycles. The van der Waals surface area contributed by atoms with Crippen molar-refractivity contribution < 1.29 is 14.4 Å². The predicted molar refractivity (Wildman–Crippen MR) is 72.0 cm³/mol. The summed E-state index contributed by atoms with van der Waals surface area (Å²) in [7, 11) is 0. The molecule has 3 amide bonds. The van der Waals surface area contributed by atoms with Crippen LogP contribution in [0.2, 0.25) is 0 Å². The number of piperidine rings is 1. The summed E-state index contributed by atoms with van der Waals surface area (Å²) in [5.74, 6) is -0.727. The highest BCUT2D eigenvalue weighted by molar-refractivity contribution is 6.06. The lowest BCUT2D eigenvalue weighted by molar-refractivity contribution is -0.136. The van der Waals surface area contributed by atoms with E-state index in [1.165, 1.54) is 0 Å². The minimum Gasteiger partial charge on any atom is -0.322 e. The Morgan fingerprint density at radius 1 is 1.20 bits per heavy atom. The third-order valence-electron chi connectivity index (χ3n) is 4.22. The molecule has 0 saturated carbocycles. The van der Waals surface area contributed by atoms with Gasteiger partial charge < -0.3 is 4.90 Å². The lowest BCUT2D eigenvalue weighted by Gasteiger charge is -2.29. The van der Waals surface area contributed by atoms with Crippen LogP contribution in [-0.2, 0) is 16.1 Å². The highest BCUT2D eigenvalue weighted by Gasteiger charge is 2.39. The number of carbonyl (C=O) groups is 3. The van der Waals surface area contributed by atoms with Crippen molar-refractivity contribution in [3.63, 3.8) is 0 Å². The molecule has 1 N–H and O–H groups in total. The van der Waals surface area contributed by atoms with Crippen molar-refractivity contribution in [1.29, 1.82) is 0 Å². The molecule has 20 heavy (non-hydrogen) atoms. The summed E-state index contributed by atoms with van der Waals surface area (Å²) in [5, 5.41) is 2.31. The third kappa shape index (κ3) is 1.81. The van der Waals surface area contributed by atoms with E-state index in [2.05, 4.69) is 5.32 Å². The van der Waals surface area contributed by atoms with Gasteiger partial charge in [-0.15, -0.1) is 0 Å². The standard InChI is InChI=1S/C15H16N2O3/c1-8-3-4-10-7-17(15(20)13(10)9(8)2)11-5-6-12(18)16-14(11)19/h3-4,11H,5-7H2,1-2H3,(H,16,18,19). The molecule has 1 saturated heterocycles. The van der Waals surface area contributed by atoms with E-state index in [-0.39, 0.29) is 24.1 Å². The van der Waals surface area contributed by atoms with Gasteiger partial charge in [0.2, 0.25) is 11.8 Å². The lowest BCUT2D eigenvalue weighted by atomic mass is 9.99. The maximum atomic E-state index is 12.6. The molecule has 0 spiro atoms. The zero-order valence-electron chi connectivity index (χ0n) is 11.5. The van der Waals surface area contributed by atoms with E-state index in [4.69, 9.17) is 0 Å². The number of nitrogens with one attached hydrogen (secondary N) is 1. The van der Waals surface area contributed by atoms with Crippen LogP contribution in [0.15, 0.2) is 12.1 Å². The van der Waals surface area contributed by atoms with E-state index in [0.29, 0.717) is 13.0 Å². The second-order valence-corrected chi connectivity index (χ2v) is 5.44. The number of benzene rings is 1. The molecular weight excluding hydrogens is 256 g/mol. The van der Waals surface area contributed by atoms with E-state index in [1.54, 1.807) is 4.90 Å². The van der Waals surface area contributed by atoms with E-state index in [9.17, 15) is 14.4 Å². The van der Waals surface area contributed by atoms with Gasteiger partial charge in [-0.2, -0.15) is 0 Å². The molecule has 0 aliphatic carbocycles. The van der Waals surface area contributed by atoms with Crippen LogP contribution in [-0.4, -0.2) is 28.7 Å². The van der Waals surface area contributed by atoms with Crippen LogP contribution in [0.1, 0.15) is 39.9 Å². The highest BCUT2D eigenvalue weighted by Crippen LogP contribution is 2.30. The zero-order valence-corrected chi connectivity index (χ0v) is 11.5. The molecule has 0 aromatic heterocycles. The van der Waals surface area contributed by atoms with Crippen LogP contribution in [0.3, 0.4) is 0 Å². The molecule has 1 fully saturated rings. The van der Waals surface area contributed by atoms with Gasteiger partial charge >= 0.3 is 0 Å². The number of nitrogens with zero attached hydrogens (tertiary/aromatic N) is 1. The smallest absolute Gasteiger partial charge is 0.255 e. The fourth-order valence-corrected chi connectivity index (χ4v) is 2.93. The summed E-state index contributed by atoms with van der Waals surface area (Å²) in [6.45, 7) is 4.35. The molecule has 0 radical (unpaired) electrons. The Labute approximate surface area is 116 Å². The van der Waals surface area contributed by atoms with Crippen LogP contribution in [0.4, 0.5) is 0 Å². The van der Waals surface area contributed by atoms with Crippen LogP contribution in [0, 0.1) is 13.8 Å². The summed E-state index contributed by atoms with van der Waals surface area (Å²) >= 11 is 0. The second kappa shape index (κ2) is 4.44. The van der Waals surface area contributed by atoms with Crippen molar-refractivity contribution in [2.24, 2.45) is 0 Å². The molecule has 1 atom stereocenters. The summed E-state index contributed by atoms with van der Waals surface area (Å²) in [5.41, 5.74) is 3.72. The van der Waals surface area contributed by atoms with Gasteiger partial charge in [0.05, 0.1) is 0 Å². The Bertz CT molecular complexity index is 636. The number of hydrogen-bond donors (Lipinski definition) is 1. The van der Waals surface area contributed by atoms with Crippen molar-refractivity contribution >= 4 is 17.7 Å². The van der Waals surface area contributed by atoms with Crippen LogP contribution >= 0.6 is 0 Å². The van der Waals surface area contributed by atoms with Crippen molar-refractivity contribution in [2.45, 2.75) is 39.3 Å². The SMILES string of the molecule is Cc1ccc2c(c1C)C(=O)N(C1CCC(=O)NC1=O)C2. The summed E-state index contributed by atoms with van der Waals surface area (Å²) in [4.78, 5) is 37.3. The Kier molecular flexibility index (Phi) is 2.85. The van der Waals surface area contributed by atoms with Crippen molar-refractivity contribution in [3.8, 4) is 0 Å². The number of rotatable bonds is 1. The molecule has 1 aromatic rings. The van der Waals surface area contributed by atoms with Gasteiger partial charge in [0.1, 0.15) is 6.04 Å². The first-order valence-corrected chi connectivity index (χ1v) is 6.73. The first-order chi connectivity index (χ1) is 9.49. The first-order valence-electron chi connectivity index (χ1n) is 6.73. The number of carbonyl (C=O) groups excluding carboxylic acids is 3. The number of fused-ring (bicyclic) bond motifs is 1. The van der Waals surface area contributed by atoms with Crippen LogP contribution in [0.5, 0.6) is 0 Å². The molecule has 104 valence electrons.